The number of aliphatic hydroxyl groups is 1. The van der Waals surface area contributed by atoms with E-state index in [4.69, 9.17) is 55.9 Å². The fourth-order valence-electron chi connectivity index (χ4n) is 6.44. The molecule has 3 fully saturated rings. The molecule has 5 atom stereocenters. The summed E-state index contributed by atoms with van der Waals surface area (Å²) in [6, 6.07) is 9.36. The summed E-state index contributed by atoms with van der Waals surface area (Å²) in [7, 11) is 0. The lowest BCUT2D eigenvalue weighted by Gasteiger charge is -2.40. The number of nitrogens with zero attached hydrogens (tertiary/aromatic N) is 5. The smallest absolute Gasteiger partial charge is 0.227 e. The number of aliphatic hydroxyl groups excluding tert-OH is 1. The summed E-state index contributed by atoms with van der Waals surface area (Å²) >= 11 is 6.42. The second-order valence-corrected chi connectivity index (χ2v) is 13.5. The molecule has 5 heterocycles. The predicted molar refractivity (Wildman–Crippen MR) is 191 cm³/mol. The maximum Gasteiger partial charge on any atom is 0.227 e. The quantitative estimate of drug-likeness (QED) is 0.0918. The standard InChI is InChI=1S/C36H47ClN6O10/c1-4-10-46-11-12-47-13-14-48-15-16-49-17-18-50-23-27(24-8-6-5-7-9-24)39-33(45)25-20-42(21-25)31-26-19-38-43(32(26)41-35(37)40-31)34-30-29(28(22-44)51-34)52-36(2,3)53-30/h1,5-9,19,25,27-30,34,44H,10-18,20-23H2,2-3H3,(H,39,45)/t27-,28+,29+,30+,34+/m0/s1. The van der Waals surface area contributed by atoms with E-state index in [1.165, 1.54) is 0 Å². The topological polar surface area (TPSA) is 170 Å². The van der Waals surface area contributed by atoms with E-state index in [9.17, 15) is 9.90 Å². The number of amides is 1. The Bertz CT molecular complexity index is 1670. The fraction of sp³-hybridized carbons (Fsp3) is 0.611. The van der Waals surface area contributed by atoms with Crippen molar-refractivity contribution in [3.05, 3.63) is 47.4 Å². The number of rotatable bonds is 21. The van der Waals surface area contributed by atoms with E-state index < -0.39 is 30.3 Å². The van der Waals surface area contributed by atoms with Gasteiger partial charge in [0.1, 0.15) is 30.7 Å². The first-order chi connectivity index (χ1) is 25.8. The number of fused-ring (bicyclic) bond motifs is 2. The molecule has 17 heteroatoms. The van der Waals surface area contributed by atoms with Gasteiger partial charge in [-0.3, -0.25) is 4.79 Å². The molecule has 0 bridgehead atoms. The van der Waals surface area contributed by atoms with E-state index >= 15 is 0 Å². The molecule has 3 saturated heterocycles. The van der Waals surface area contributed by atoms with E-state index in [0.717, 1.165) is 5.56 Å². The number of carbonyl (C=O) groups is 1. The lowest BCUT2D eigenvalue weighted by atomic mass is 9.97. The SMILES string of the molecule is C#CCOCCOCCOCCOCCOC[C@H](NC(=O)C1CN(c2nc(Cl)nc3c2cnn3[C@@H]2O[C@H](CO)[C@H]3OC(C)(C)O[C@H]32)C1)c1ccccc1. The maximum absolute atomic E-state index is 13.5. The van der Waals surface area contributed by atoms with Crippen molar-refractivity contribution in [2.75, 3.05) is 90.7 Å². The molecule has 0 spiro atoms. The number of hydrogen-bond acceptors (Lipinski definition) is 14. The van der Waals surface area contributed by atoms with Crippen LogP contribution < -0.4 is 10.2 Å². The number of nitrogens with one attached hydrogen (secondary N) is 1. The average molecular weight is 759 g/mol. The van der Waals surface area contributed by atoms with Crippen molar-refractivity contribution in [3.63, 3.8) is 0 Å². The highest BCUT2D eigenvalue weighted by atomic mass is 35.5. The van der Waals surface area contributed by atoms with Gasteiger partial charge in [-0.15, -0.1) is 6.42 Å². The van der Waals surface area contributed by atoms with Crippen molar-refractivity contribution in [2.24, 2.45) is 5.92 Å². The molecule has 0 saturated carbocycles. The summed E-state index contributed by atoms with van der Waals surface area (Å²) in [4.78, 5) is 24.4. The van der Waals surface area contributed by atoms with E-state index in [-0.39, 0.29) is 43.0 Å². The summed E-state index contributed by atoms with van der Waals surface area (Å²) in [5.74, 6) is 1.75. The molecule has 2 N–H and O–H groups in total. The molecule has 16 nitrogen and oxygen atoms in total. The third kappa shape index (κ3) is 9.99. The van der Waals surface area contributed by atoms with E-state index in [2.05, 4.69) is 26.3 Å². The average Bonchev–Trinajstić information content (AvgIpc) is 3.79. The molecule has 288 valence electrons. The van der Waals surface area contributed by atoms with Gasteiger partial charge in [-0.25, -0.2) is 4.68 Å². The Labute approximate surface area is 313 Å². The molecule has 3 aliphatic rings. The number of ether oxygens (including phenoxy) is 8. The second-order valence-electron chi connectivity index (χ2n) is 13.2. The van der Waals surface area contributed by atoms with Crippen LogP contribution in [-0.4, -0.2) is 141 Å². The van der Waals surface area contributed by atoms with E-state index in [1.807, 2.05) is 49.1 Å². The van der Waals surface area contributed by atoms with E-state index in [1.54, 1.807) is 10.9 Å². The Morgan fingerprint density at radius 2 is 1.64 bits per heavy atom. The fourth-order valence-corrected chi connectivity index (χ4v) is 6.60. The van der Waals surface area contributed by atoms with Gasteiger partial charge >= 0.3 is 0 Å². The lowest BCUT2D eigenvalue weighted by molar-refractivity contribution is -0.201. The first kappa shape index (κ1) is 39.2. The van der Waals surface area contributed by atoms with Crippen molar-refractivity contribution < 1.29 is 47.8 Å². The minimum absolute atomic E-state index is 0.0289. The van der Waals surface area contributed by atoms with Crippen LogP contribution in [0.3, 0.4) is 0 Å². The molecule has 3 aromatic rings. The Kier molecular flexibility index (Phi) is 13.9. The number of aromatic nitrogens is 4. The molecule has 3 aliphatic heterocycles. The van der Waals surface area contributed by atoms with Crippen LogP contribution in [0.4, 0.5) is 5.82 Å². The summed E-state index contributed by atoms with van der Waals surface area (Å²) in [5.41, 5.74) is 1.39. The van der Waals surface area contributed by atoms with Gasteiger partial charge in [-0.2, -0.15) is 15.1 Å². The summed E-state index contributed by atoms with van der Waals surface area (Å²) in [6.07, 6.45) is 4.50. The molecular formula is C36H47ClN6O10. The Balaban J connectivity index is 0.962. The minimum Gasteiger partial charge on any atom is -0.394 e. The number of terminal acetylenes is 1. The van der Waals surface area contributed by atoms with Gasteiger partial charge in [0.15, 0.2) is 17.7 Å². The number of halogens is 1. The predicted octanol–water partition coefficient (Wildman–Crippen LogP) is 1.90. The monoisotopic (exact) mass is 758 g/mol. The molecule has 0 aliphatic carbocycles. The van der Waals surface area contributed by atoms with Crippen LogP contribution in [0.25, 0.3) is 11.0 Å². The largest absolute Gasteiger partial charge is 0.394 e. The summed E-state index contributed by atoms with van der Waals surface area (Å²) < 4.78 is 47.4. The second kappa shape index (κ2) is 18.7. The molecule has 0 radical (unpaired) electrons. The zero-order valence-corrected chi connectivity index (χ0v) is 30.7. The van der Waals surface area contributed by atoms with Crippen molar-refractivity contribution in [1.29, 1.82) is 0 Å². The highest BCUT2D eigenvalue weighted by molar-refractivity contribution is 6.28. The molecule has 0 unspecified atom stereocenters. The van der Waals surface area contributed by atoms with Crippen LogP contribution in [0.1, 0.15) is 31.7 Å². The normalized spacial score (nSPS) is 22.8. The first-order valence-electron chi connectivity index (χ1n) is 17.7. The van der Waals surface area contributed by atoms with Gasteiger partial charge < -0.3 is 53.2 Å². The minimum atomic E-state index is -0.842. The van der Waals surface area contributed by atoms with Crippen LogP contribution in [-0.2, 0) is 42.7 Å². The zero-order chi connectivity index (χ0) is 37.2. The van der Waals surface area contributed by atoms with Gasteiger partial charge in [-0.1, -0.05) is 36.3 Å². The highest BCUT2D eigenvalue weighted by Crippen LogP contribution is 2.44. The summed E-state index contributed by atoms with van der Waals surface area (Å²) in [5, 5.41) is 18.4. The summed E-state index contributed by atoms with van der Waals surface area (Å²) in [6.45, 7) is 8.28. The van der Waals surface area contributed by atoms with Gasteiger partial charge in [0.2, 0.25) is 11.2 Å². The highest BCUT2D eigenvalue weighted by Gasteiger charge is 2.56. The molecule has 1 aromatic carbocycles. The number of benzene rings is 1. The van der Waals surface area contributed by atoms with Crippen molar-refractivity contribution >= 4 is 34.4 Å². The van der Waals surface area contributed by atoms with Crippen LogP contribution in [0.15, 0.2) is 36.5 Å². The third-order valence-corrected chi connectivity index (χ3v) is 9.15. The van der Waals surface area contributed by atoms with Gasteiger partial charge in [-0.05, 0) is 31.0 Å². The Hall–Kier alpha value is -3.47. The van der Waals surface area contributed by atoms with Crippen molar-refractivity contribution in [1.82, 2.24) is 25.1 Å². The van der Waals surface area contributed by atoms with Gasteiger partial charge in [0.25, 0.3) is 0 Å². The zero-order valence-electron chi connectivity index (χ0n) is 29.9. The van der Waals surface area contributed by atoms with Crippen LogP contribution in [0.5, 0.6) is 0 Å². The lowest BCUT2D eigenvalue weighted by Crippen LogP contribution is -2.54. The molecule has 2 aromatic heterocycles. The number of hydrogen-bond donors (Lipinski definition) is 2. The van der Waals surface area contributed by atoms with E-state index in [0.29, 0.717) is 82.8 Å². The number of carbonyl (C=O) groups excluding carboxylic acids is 1. The molecule has 1 amide bonds. The first-order valence-corrected chi connectivity index (χ1v) is 18.1. The Morgan fingerprint density at radius 1 is 1.00 bits per heavy atom. The number of anilines is 1. The molecule has 53 heavy (non-hydrogen) atoms. The van der Waals surface area contributed by atoms with Crippen LogP contribution in [0.2, 0.25) is 5.28 Å². The van der Waals surface area contributed by atoms with Crippen molar-refractivity contribution in [3.8, 4) is 12.3 Å². The van der Waals surface area contributed by atoms with Gasteiger partial charge in [0, 0.05) is 13.1 Å². The third-order valence-electron chi connectivity index (χ3n) is 8.98. The van der Waals surface area contributed by atoms with Gasteiger partial charge in [0.05, 0.1) is 89.6 Å². The van der Waals surface area contributed by atoms with Crippen LogP contribution in [0, 0.1) is 18.3 Å². The maximum atomic E-state index is 13.5. The molecular weight excluding hydrogens is 712 g/mol. The van der Waals surface area contributed by atoms with Crippen molar-refractivity contribution in [2.45, 2.75) is 50.2 Å². The Morgan fingerprint density at radius 3 is 2.30 bits per heavy atom. The molecule has 6 rings (SSSR count). The van der Waals surface area contributed by atoms with Crippen LogP contribution >= 0.6 is 11.6 Å².